The van der Waals surface area contributed by atoms with E-state index in [1.165, 1.54) is 23.5 Å². The Morgan fingerprint density at radius 1 is 1.19 bits per heavy atom. The van der Waals surface area contributed by atoms with Crippen LogP contribution in [0, 0.1) is 12.7 Å². The van der Waals surface area contributed by atoms with Crippen LogP contribution >= 0.6 is 34.5 Å². The number of rotatable bonds is 7. The second-order valence-electron chi connectivity index (χ2n) is 7.14. The molecule has 0 aliphatic carbocycles. The lowest BCUT2D eigenvalue weighted by Crippen LogP contribution is -2.09. The zero-order chi connectivity index (χ0) is 22.7. The first-order valence-corrected chi connectivity index (χ1v) is 11.2. The lowest BCUT2D eigenvalue weighted by molar-refractivity contribution is 0.103. The highest BCUT2D eigenvalue weighted by atomic mass is 35.5. The van der Waals surface area contributed by atoms with Crippen LogP contribution in [0.5, 0.6) is 5.75 Å². The SMILES string of the molecule is Cc1cc(OCc2csc(C(=O)Nc3cnn(Cc4ccc(F)cc4Cl)c3)c2)ccc1Cl. The molecule has 0 spiro atoms. The number of anilines is 1. The maximum atomic E-state index is 13.2. The van der Waals surface area contributed by atoms with Crippen molar-refractivity contribution in [3.63, 3.8) is 0 Å². The Bertz CT molecular complexity index is 1270. The van der Waals surface area contributed by atoms with Gasteiger partial charge in [-0.2, -0.15) is 5.10 Å². The number of amides is 1. The number of carbonyl (C=O) groups excluding carboxylic acids is 1. The van der Waals surface area contributed by atoms with Gasteiger partial charge in [0.1, 0.15) is 18.2 Å². The normalized spacial score (nSPS) is 10.9. The summed E-state index contributed by atoms with van der Waals surface area (Å²) in [5.41, 5.74) is 3.12. The van der Waals surface area contributed by atoms with Crippen molar-refractivity contribution in [1.29, 1.82) is 0 Å². The van der Waals surface area contributed by atoms with Gasteiger partial charge in [0.05, 0.1) is 23.3 Å². The third-order valence-corrected chi connectivity index (χ3v) is 6.40. The van der Waals surface area contributed by atoms with Crippen molar-refractivity contribution in [2.24, 2.45) is 0 Å². The summed E-state index contributed by atoms with van der Waals surface area (Å²) in [5, 5.41) is 9.96. The molecule has 32 heavy (non-hydrogen) atoms. The quantitative estimate of drug-likeness (QED) is 0.319. The Morgan fingerprint density at radius 2 is 2.03 bits per heavy atom. The lowest BCUT2D eigenvalue weighted by atomic mass is 10.2. The molecule has 2 heterocycles. The fraction of sp³-hybridized carbons (Fsp3) is 0.130. The maximum absolute atomic E-state index is 13.2. The van der Waals surface area contributed by atoms with E-state index >= 15 is 0 Å². The zero-order valence-electron chi connectivity index (χ0n) is 16.9. The number of benzene rings is 2. The van der Waals surface area contributed by atoms with Gasteiger partial charge in [-0.25, -0.2) is 4.39 Å². The van der Waals surface area contributed by atoms with E-state index < -0.39 is 5.82 Å². The van der Waals surface area contributed by atoms with Crippen LogP contribution in [0.2, 0.25) is 10.0 Å². The monoisotopic (exact) mass is 489 g/mol. The molecule has 4 rings (SSSR count). The Morgan fingerprint density at radius 3 is 2.81 bits per heavy atom. The molecule has 9 heteroatoms. The minimum Gasteiger partial charge on any atom is -0.489 e. The maximum Gasteiger partial charge on any atom is 0.265 e. The largest absolute Gasteiger partial charge is 0.489 e. The summed E-state index contributed by atoms with van der Waals surface area (Å²) in [6.07, 6.45) is 3.24. The molecule has 5 nitrogen and oxygen atoms in total. The molecule has 0 aliphatic rings. The van der Waals surface area contributed by atoms with Gasteiger partial charge in [0.2, 0.25) is 0 Å². The lowest BCUT2D eigenvalue weighted by Gasteiger charge is -2.06. The van der Waals surface area contributed by atoms with Gasteiger partial charge in [0.15, 0.2) is 0 Å². The number of ether oxygens (including phenoxy) is 1. The molecule has 164 valence electrons. The van der Waals surface area contributed by atoms with Crippen molar-refractivity contribution in [3.05, 3.63) is 97.7 Å². The van der Waals surface area contributed by atoms with Gasteiger partial charge in [0.25, 0.3) is 5.91 Å². The van der Waals surface area contributed by atoms with Crippen molar-refractivity contribution in [3.8, 4) is 5.75 Å². The molecule has 2 aromatic carbocycles. The van der Waals surface area contributed by atoms with Gasteiger partial charge >= 0.3 is 0 Å². The molecule has 1 N–H and O–H groups in total. The molecule has 0 unspecified atom stereocenters. The average molecular weight is 490 g/mol. The number of nitrogens with zero attached hydrogens (tertiary/aromatic N) is 2. The third-order valence-electron chi connectivity index (χ3n) is 4.65. The Kier molecular flexibility index (Phi) is 6.79. The predicted molar refractivity (Wildman–Crippen MR) is 126 cm³/mol. The molecule has 0 fully saturated rings. The summed E-state index contributed by atoms with van der Waals surface area (Å²) in [5.74, 6) is 0.0943. The molecule has 4 aromatic rings. The second-order valence-corrected chi connectivity index (χ2v) is 8.86. The van der Waals surface area contributed by atoms with Crippen LogP contribution < -0.4 is 10.1 Å². The number of hydrogen-bond donors (Lipinski definition) is 1. The summed E-state index contributed by atoms with van der Waals surface area (Å²) >= 11 is 13.4. The van der Waals surface area contributed by atoms with Gasteiger partial charge < -0.3 is 10.1 Å². The minimum absolute atomic E-state index is 0.233. The first-order valence-electron chi connectivity index (χ1n) is 9.61. The van der Waals surface area contributed by atoms with E-state index in [1.807, 2.05) is 24.4 Å². The number of hydrogen-bond acceptors (Lipinski definition) is 4. The number of nitrogens with one attached hydrogen (secondary N) is 1. The Labute approximate surface area is 198 Å². The van der Waals surface area contributed by atoms with Gasteiger partial charge in [-0.1, -0.05) is 29.3 Å². The van der Waals surface area contributed by atoms with Crippen LogP contribution in [-0.4, -0.2) is 15.7 Å². The molecular weight excluding hydrogens is 472 g/mol. The van der Waals surface area contributed by atoms with Gasteiger partial charge in [-0.3, -0.25) is 9.48 Å². The highest BCUT2D eigenvalue weighted by Crippen LogP contribution is 2.24. The van der Waals surface area contributed by atoms with Gasteiger partial charge in [-0.05, 0) is 59.8 Å². The van der Waals surface area contributed by atoms with Crippen LogP contribution in [0.25, 0.3) is 0 Å². The molecule has 0 aliphatic heterocycles. The summed E-state index contributed by atoms with van der Waals surface area (Å²) in [6.45, 7) is 2.62. The molecular formula is C23H18Cl2FN3O2S. The van der Waals surface area contributed by atoms with Crippen LogP contribution in [-0.2, 0) is 13.2 Å². The predicted octanol–water partition coefficient (Wildman–Crippen LogP) is 6.58. The van der Waals surface area contributed by atoms with E-state index in [1.54, 1.807) is 35.3 Å². The smallest absolute Gasteiger partial charge is 0.265 e. The Hall–Kier alpha value is -2.87. The number of aromatic nitrogens is 2. The van der Waals surface area contributed by atoms with E-state index in [2.05, 4.69) is 10.4 Å². The van der Waals surface area contributed by atoms with Crippen LogP contribution in [0.15, 0.2) is 60.2 Å². The Balaban J connectivity index is 1.34. The van der Waals surface area contributed by atoms with Crippen molar-refractivity contribution >= 4 is 46.1 Å². The van der Waals surface area contributed by atoms with Crippen LogP contribution in [0.1, 0.15) is 26.4 Å². The topological polar surface area (TPSA) is 56.1 Å². The summed E-state index contributed by atoms with van der Waals surface area (Å²) < 4.78 is 20.6. The van der Waals surface area contributed by atoms with E-state index in [0.717, 1.165) is 22.4 Å². The summed E-state index contributed by atoms with van der Waals surface area (Å²) in [6, 6.07) is 11.5. The highest BCUT2D eigenvalue weighted by molar-refractivity contribution is 7.12. The number of carbonyl (C=O) groups is 1. The molecule has 1 amide bonds. The van der Waals surface area contributed by atoms with Crippen molar-refractivity contribution in [2.45, 2.75) is 20.1 Å². The number of thiophene rings is 1. The summed E-state index contributed by atoms with van der Waals surface area (Å²) in [4.78, 5) is 13.1. The van der Waals surface area contributed by atoms with Crippen LogP contribution in [0.4, 0.5) is 10.1 Å². The number of halogens is 3. The van der Waals surface area contributed by atoms with E-state index in [9.17, 15) is 9.18 Å². The van der Waals surface area contributed by atoms with Gasteiger partial charge in [0, 0.05) is 21.8 Å². The molecule has 0 bridgehead atoms. The first-order chi connectivity index (χ1) is 15.4. The summed E-state index contributed by atoms with van der Waals surface area (Å²) in [7, 11) is 0. The molecule has 0 saturated carbocycles. The molecule has 0 atom stereocenters. The highest BCUT2D eigenvalue weighted by Gasteiger charge is 2.12. The van der Waals surface area contributed by atoms with Crippen LogP contribution in [0.3, 0.4) is 0 Å². The zero-order valence-corrected chi connectivity index (χ0v) is 19.3. The van der Waals surface area contributed by atoms with E-state index in [4.69, 9.17) is 27.9 Å². The molecule has 0 saturated heterocycles. The van der Waals surface area contributed by atoms with E-state index in [-0.39, 0.29) is 5.91 Å². The minimum atomic E-state index is -0.392. The second kappa shape index (κ2) is 9.73. The molecule has 0 radical (unpaired) electrons. The first kappa shape index (κ1) is 22.3. The van der Waals surface area contributed by atoms with Gasteiger partial charge in [-0.15, -0.1) is 11.3 Å². The van der Waals surface area contributed by atoms with E-state index in [0.29, 0.717) is 33.8 Å². The van der Waals surface area contributed by atoms with Crippen molar-refractivity contribution in [1.82, 2.24) is 9.78 Å². The fourth-order valence-electron chi connectivity index (χ4n) is 2.98. The molecule has 2 aromatic heterocycles. The van der Waals surface area contributed by atoms with Crippen molar-refractivity contribution < 1.29 is 13.9 Å². The number of aryl methyl sites for hydroxylation is 1. The fourth-order valence-corrected chi connectivity index (χ4v) is 4.11. The standard InChI is InChI=1S/C23H18Cl2FN3O2S/c1-14-6-19(4-5-20(14)24)31-12-15-7-22(32-13-15)23(30)28-18-9-27-29(11-18)10-16-2-3-17(26)8-21(16)25/h2-9,11,13H,10,12H2,1H3,(H,28,30). The average Bonchev–Trinajstić information content (AvgIpc) is 3.40. The third kappa shape index (κ3) is 5.48. The van der Waals surface area contributed by atoms with Crippen molar-refractivity contribution in [2.75, 3.05) is 5.32 Å².